The molecule has 0 radical (unpaired) electrons. The molecule has 0 saturated carbocycles. The molecule has 1 fully saturated rings. The first-order valence-corrected chi connectivity index (χ1v) is 8.52. The summed E-state index contributed by atoms with van der Waals surface area (Å²) in [5, 5.41) is 3.24. The molecule has 7 heteroatoms. The molecule has 2 heterocycles. The zero-order chi connectivity index (χ0) is 18.1. The number of rotatable bonds is 3. The third-order valence-corrected chi connectivity index (χ3v) is 4.57. The molecule has 1 saturated heterocycles. The molecule has 4 N–H and O–H groups in total. The van der Waals surface area contributed by atoms with E-state index in [2.05, 4.69) is 15.3 Å². The number of benzene rings is 2. The number of aromatic nitrogens is 2. The highest BCUT2D eigenvalue weighted by Gasteiger charge is 2.19. The van der Waals surface area contributed by atoms with E-state index in [9.17, 15) is 9.59 Å². The summed E-state index contributed by atoms with van der Waals surface area (Å²) in [6.45, 7) is 3.03. The van der Waals surface area contributed by atoms with Crippen LogP contribution in [0.2, 0.25) is 0 Å². The lowest BCUT2D eigenvalue weighted by atomic mass is 10.1. The van der Waals surface area contributed by atoms with Crippen molar-refractivity contribution >= 4 is 22.8 Å². The number of carbonyl (C=O) groups excluding carboxylic acids is 2. The fourth-order valence-electron chi connectivity index (χ4n) is 3.22. The van der Waals surface area contributed by atoms with Crippen molar-refractivity contribution in [3.63, 3.8) is 0 Å². The van der Waals surface area contributed by atoms with Crippen LogP contribution in [0.3, 0.4) is 0 Å². The third-order valence-electron chi connectivity index (χ3n) is 4.57. The number of carbonyl (C=O) groups is 2. The van der Waals surface area contributed by atoms with Gasteiger partial charge in [-0.2, -0.15) is 0 Å². The molecule has 4 rings (SSSR count). The number of imidazole rings is 1. The standard InChI is InChI=1S/C19H19N5O2/c20-17(25)14-5-2-6-15-16(14)23-18(22-15)12-3-1-4-13(11-12)19(26)24-9-7-21-8-10-24/h1-6,11,21H,7-10H2,(H2,20,25)(H,22,23). The minimum absolute atomic E-state index is 0.0160. The maximum atomic E-state index is 12.7. The van der Waals surface area contributed by atoms with Gasteiger partial charge in [0.15, 0.2) is 0 Å². The van der Waals surface area contributed by atoms with E-state index in [0.717, 1.165) is 24.2 Å². The highest BCUT2D eigenvalue weighted by molar-refractivity contribution is 6.04. The van der Waals surface area contributed by atoms with Gasteiger partial charge in [-0.3, -0.25) is 9.59 Å². The van der Waals surface area contributed by atoms with E-state index in [0.29, 0.717) is 35.6 Å². The van der Waals surface area contributed by atoms with E-state index in [-0.39, 0.29) is 5.91 Å². The second-order valence-electron chi connectivity index (χ2n) is 6.27. The largest absolute Gasteiger partial charge is 0.366 e. The number of amides is 2. The van der Waals surface area contributed by atoms with Crippen molar-refractivity contribution in [1.82, 2.24) is 20.2 Å². The number of H-pyrrole nitrogens is 1. The van der Waals surface area contributed by atoms with Crippen molar-refractivity contribution in [3.8, 4) is 11.4 Å². The minimum atomic E-state index is -0.517. The Labute approximate surface area is 150 Å². The number of nitrogens with two attached hydrogens (primary N) is 1. The van der Waals surface area contributed by atoms with Crippen LogP contribution in [0.25, 0.3) is 22.4 Å². The molecule has 0 aliphatic carbocycles. The molecule has 7 nitrogen and oxygen atoms in total. The molecule has 132 valence electrons. The number of fused-ring (bicyclic) bond motifs is 1. The average Bonchev–Trinajstić information content (AvgIpc) is 3.12. The molecule has 1 aliphatic heterocycles. The van der Waals surface area contributed by atoms with Gasteiger partial charge >= 0.3 is 0 Å². The summed E-state index contributed by atoms with van der Waals surface area (Å²) in [5.74, 6) is 0.0993. The van der Waals surface area contributed by atoms with Crippen molar-refractivity contribution in [2.45, 2.75) is 0 Å². The summed E-state index contributed by atoms with van der Waals surface area (Å²) in [5.41, 5.74) is 8.48. The van der Waals surface area contributed by atoms with Crippen LogP contribution in [-0.4, -0.2) is 52.9 Å². The zero-order valence-corrected chi connectivity index (χ0v) is 14.2. The Kier molecular flexibility index (Phi) is 4.14. The lowest BCUT2D eigenvalue weighted by Gasteiger charge is -2.27. The van der Waals surface area contributed by atoms with E-state index in [1.807, 2.05) is 35.2 Å². The van der Waals surface area contributed by atoms with Gasteiger partial charge in [0.25, 0.3) is 11.8 Å². The second kappa shape index (κ2) is 6.61. The summed E-state index contributed by atoms with van der Waals surface area (Å²) >= 11 is 0. The van der Waals surface area contributed by atoms with Gasteiger partial charge in [0.2, 0.25) is 0 Å². The van der Waals surface area contributed by atoms with Gasteiger partial charge in [0.1, 0.15) is 11.3 Å². The molecular formula is C19H19N5O2. The van der Waals surface area contributed by atoms with E-state index in [1.54, 1.807) is 12.1 Å². The lowest BCUT2D eigenvalue weighted by Crippen LogP contribution is -2.46. The van der Waals surface area contributed by atoms with Gasteiger partial charge < -0.3 is 20.9 Å². The van der Waals surface area contributed by atoms with Gasteiger partial charge in [-0.15, -0.1) is 0 Å². The Morgan fingerprint density at radius 1 is 1.08 bits per heavy atom. The number of para-hydroxylation sites is 1. The average molecular weight is 349 g/mol. The molecule has 0 atom stereocenters. The van der Waals surface area contributed by atoms with Crippen LogP contribution >= 0.6 is 0 Å². The summed E-state index contributed by atoms with van der Waals surface area (Å²) in [7, 11) is 0. The highest BCUT2D eigenvalue weighted by Crippen LogP contribution is 2.24. The molecular weight excluding hydrogens is 330 g/mol. The molecule has 3 aromatic rings. The zero-order valence-electron chi connectivity index (χ0n) is 14.2. The fourth-order valence-corrected chi connectivity index (χ4v) is 3.22. The summed E-state index contributed by atoms with van der Waals surface area (Å²) in [4.78, 5) is 33.9. The van der Waals surface area contributed by atoms with Crippen LogP contribution in [0.15, 0.2) is 42.5 Å². The molecule has 2 amide bonds. The molecule has 1 aromatic heterocycles. The molecule has 0 spiro atoms. The fraction of sp³-hybridized carbons (Fsp3) is 0.211. The van der Waals surface area contributed by atoms with Gasteiger partial charge in [0.05, 0.1) is 11.1 Å². The van der Waals surface area contributed by atoms with Crippen molar-refractivity contribution in [1.29, 1.82) is 0 Å². The number of nitrogens with one attached hydrogen (secondary N) is 2. The summed E-state index contributed by atoms with van der Waals surface area (Å²) in [6, 6.07) is 12.6. The van der Waals surface area contributed by atoms with Crippen molar-refractivity contribution in [2.24, 2.45) is 5.73 Å². The minimum Gasteiger partial charge on any atom is -0.366 e. The van der Waals surface area contributed by atoms with Crippen LogP contribution in [-0.2, 0) is 0 Å². The predicted molar refractivity (Wildman–Crippen MR) is 98.8 cm³/mol. The highest BCUT2D eigenvalue weighted by atomic mass is 16.2. The monoisotopic (exact) mass is 349 g/mol. The normalized spacial score (nSPS) is 14.5. The Morgan fingerprint density at radius 2 is 1.85 bits per heavy atom. The first-order chi connectivity index (χ1) is 12.6. The first-order valence-electron chi connectivity index (χ1n) is 8.52. The van der Waals surface area contributed by atoms with Crippen molar-refractivity contribution < 1.29 is 9.59 Å². The van der Waals surface area contributed by atoms with E-state index >= 15 is 0 Å². The van der Waals surface area contributed by atoms with Crippen molar-refractivity contribution in [3.05, 3.63) is 53.6 Å². The van der Waals surface area contributed by atoms with Crippen LogP contribution in [0, 0.1) is 0 Å². The van der Waals surface area contributed by atoms with Gasteiger partial charge in [-0.25, -0.2) is 4.98 Å². The van der Waals surface area contributed by atoms with E-state index < -0.39 is 5.91 Å². The van der Waals surface area contributed by atoms with Crippen LogP contribution in [0.4, 0.5) is 0 Å². The number of hydrogen-bond donors (Lipinski definition) is 3. The Morgan fingerprint density at radius 3 is 2.62 bits per heavy atom. The maximum absolute atomic E-state index is 12.7. The smallest absolute Gasteiger partial charge is 0.253 e. The number of hydrogen-bond acceptors (Lipinski definition) is 4. The van der Waals surface area contributed by atoms with Crippen molar-refractivity contribution in [2.75, 3.05) is 26.2 Å². The van der Waals surface area contributed by atoms with Crippen LogP contribution < -0.4 is 11.1 Å². The van der Waals surface area contributed by atoms with Gasteiger partial charge in [-0.1, -0.05) is 18.2 Å². The second-order valence-corrected chi connectivity index (χ2v) is 6.27. The number of primary amides is 1. The SMILES string of the molecule is NC(=O)c1cccc2[nH]c(-c3cccc(C(=O)N4CCNCC4)c3)nc12. The van der Waals surface area contributed by atoms with E-state index in [4.69, 9.17) is 5.73 Å². The summed E-state index contributed by atoms with van der Waals surface area (Å²) < 4.78 is 0. The quantitative estimate of drug-likeness (QED) is 0.664. The van der Waals surface area contributed by atoms with Crippen LogP contribution in [0.1, 0.15) is 20.7 Å². The Balaban J connectivity index is 1.70. The third kappa shape index (κ3) is 2.93. The van der Waals surface area contributed by atoms with E-state index in [1.165, 1.54) is 0 Å². The summed E-state index contributed by atoms with van der Waals surface area (Å²) in [6.07, 6.45) is 0. The van der Waals surface area contributed by atoms with Gasteiger partial charge in [-0.05, 0) is 24.3 Å². The molecule has 2 aromatic carbocycles. The predicted octanol–water partition coefficient (Wildman–Crippen LogP) is 1.37. The number of nitrogens with zero attached hydrogens (tertiary/aromatic N) is 2. The topological polar surface area (TPSA) is 104 Å². The number of aromatic amines is 1. The molecule has 26 heavy (non-hydrogen) atoms. The number of piperazine rings is 1. The van der Waals surface area contributed by atoms with Gasteiger partial charge in [0, 0.05) is 37.3 Å². The molecule has 0 bridgehead atoms. The maximum Gasteiger partial charge on any atom is 0.253 e. The Bertz CT molecular complexity index is 989. The first kappa shape index (κ1) is 16.3. The lowest BCUT2D eigenvalue weighted by molar-refractivity contribution is 0.0735. The molecule has 0 unspecified atom stereocenters. The molecule has 1 aliphatic rings. The van der Waals surface area contributed by atoms with Crippen LogP contribution in [0.5, 0.6) is 0 Å². The Hall–Kier alpha value is -3.19.